The van der Waals surface area contributed by atoms with E-state index in [0.29, 0.717) is 6.61 Å². The van der Waals surface area contributed by atoms with Crippen LogP contribution in [-0.2, 0) is 4.74 Å². The van der Waals surface area contributed by atoms with Crippen LogP contribution in [0.25, 0.3) is 0 Å². The number of nitrogens with zero attached hydrogens (tertiary/aromatic N) is 2. The fourth-order valence-electron chi connectivity index (χ4n) is 1.89. The summed E-state index contributed by atoms with van der Waals surface area (Å²) in [6.45, 7) is 1.35. The van der Waals surface area contributed by atoms with Crippen molar-refractivity contribution in [2.45, 2.75) is 18.9 Å². The molecule has 1 heterocycles. The second kappa shape index (κ2) is 7.18. The zero-order chi connectivity index (χ0) is 14.2. The van der Waals surface area contributed by atoms with Crippen LogP contribution >= 0.6 is 0 Å². The van der Waals surface area contributed by atoms with Crippen LogP contribution in [0.2, 0.25) is 0 Å². The van der Waals surface area contributed by atoms with Crippen molar-refractivity contribution in [2.75, 3.05) is 18.5 Å². The number of nitriles is 2. The SMILES string of the molecule is N#CC(C#N)=CNc1cccc(OCC2CCCO2)c1. The van der Waals surface area contributed by atoms with Crippen molar-refractivity contribution >= 4 is 5.69 Å². The first-order valence-electron chi connectivity index (χ1n) is 6.43. The van der Waals surface area contributed by atoms with Gasteiger partial charge in [-0.05, 0) is 25.0 Å². The van der Waals surface area contributed by atoms with Gasteiger partial charge in [-0.3, -0.25) is 0 Å². The molecule has 20 heavy (non-hydrogen) atoms. The molecular weight excluding hydrogens is 254 g/mol. The summed E-state index contributed by atoms with van der Waals surface area (Å²) >= 11 is 0. The minimum Gasteiger partial charge on any atom is -0.491 e. The van der Waals surface area contributed by atoms with E-state index in [0.717, 1.165) is 30.9 Å². The first-order chi connectivity index (χ1) is 9.81. The molecule has 1 aromatic carbocycles. The van der Waals surface area contributed by atoms with E-state index in [2.05, 4.69) is 5.32 Å². The van der Waals surface area contributed by atoms with E-state index in [9.17, 15) is 0 Å². The maximum Gasteiger partial charge on any atom is 0.145 e. The molecule has 1 saturated heterocycles. The summed E-state index contributed by atoms with van der Waals surface area (Å²) in [6.07, 6.45) is 3.68. The quantitative estimate of drug-likeness (QED) is 0.831. The average molecular weight is 269 g/mol. The summed E-state index contributed by atoms with van der Waals surface area (Å²) < 4.78 is 11.2. The molecule has 1 aliphatic rings. The van der Waals surface area contributed by atoms with Crippen molar-refractivity contribution < 1.29 is 9.47 Å². The third-order valence-electron chi connectivity index (χ3n) is 2.92. The first kappa shape index (κ1) is 13.9. The van der Waals surface area contributed by atoms with Gasteiger partial charge in [0.25, 0.3) is 0 Å². The summed E-state index contributed by atoms with van der Waals surface area (Å²) in [6, 6.07) is 10.9. The van der Waals surface area contributed by atoms with Gasteiger partial charge in [0.05, 0.1) is 6.10 Å². The van der Waals surface area contributed by atoms with E-state index < -0.39 is 0 Å². The molecule has 1 unspecified atom stereocenters. The van der Waals surface area contributed by atoms with Crippen molar-refractivity contribution in [3.05, 3.63) is 36.0 Å². The lowest BCUT2D eigenvalue weighted by Crippen LogP contribution is -2.16. The number of hydrogen-bond donors (Lipinski definition) is 1. The van der Waals surface area contributed by atoms with Crippen molar-refractivity contribution in [3.8, 4) is 17.9 Å². The highest BCUT2D eigenvalue weighted by Crippen LogP contribution is 2.19. The van der Waals surface area contributed by atoms with Crippen LogP contribution in [0.4, 0.5) is 5.69 Å². The predicted molar refractivity (Wildman–Crippen MR) is 73.8 cm³/mol. The molecule has 5 heteroatoms. The highest BCUT2D eigenvalue weighted by Gasteiger charge is 2.15. The number of nitrogens with one attached hydrogen (secondary N) is 1. The molecule has 1 fully saturated rings. The lowest BCUT2D eigenvalue weighted by molar-refractivity contribution is 0.0680. The Morgan fingerprint density at radius 1 is 1.45 bits per heavy atom. The molecule has 1 aliphatic heterocycles. The molecule has 0 amide bonds. The third kappa shape index (κ3) is 4.01. The van der Waals surface area contributed by atoms with E-state index in [4.69, 9.17) is 20.0 Å². The molecule has 1 aromatic rings. The molecular formula is C15H15N3O2. The maximum atomic E-state index is 8.64. The average Bonchev–Trinajstić information content (AvgIpc) is 3.00. The molecule has 0 bridgehead atoms. The Balaban J connectivity index is 1.92. The number of hydrogen-bond acceptors (Lipinski definition) is 5. The summed E-state index contributed by atoms with van der Waals surface area (Å²) in [5, 5.41) is 20.2. The van der Waals surface area contributed by atoms with Crippen LogP contribution in [0.1, 0.15) is 12.8 Å². The predicted octanol–water partition coefficient (Wildman–Crippen LogP) is 2.59. The fraction of sp³-hybridized carbons (Fsp3) is 0.333. The van der Waals surface area contributed by atoms with Gasteiger partial charge < -0.3 is 14.8 Å². The first-order valence-corrected chi connectivity index (χ1v) is 6.43. The maximum absolute atomic E-state index is 8.64. The Morgan fingerprint density at radius 3 is 3.00 bits per heavy atom. The Morgan fingerprint density at radius 2 is 2.30 bits per heavy atom. The van der Waals surface area contributed by atoms with E-state index in [-0.39, 0.29) is 11.7 Å². The minimum absolute atomic E-state index is 0.0238. The lowest BCUT2D eigenvalue weighted by Gasteiger charge is -2.12. The van der Waals surface area contributed by atoms with Gasteiger partial charge in [-0.15, -0.1) is 0 Å². The molecule has 0 spiro atoms. The van der Waals surface area contributed by atoms with E-state index >= 15 is 0 Å². The molecule has 0 aromatic heterocycles. The van der Waals surface area contributed by atoms with Gasteiger partial charge in [-0.25, -0.2) is 0 Å². The van der Waals surface area contributed by atoms with Gasteiger partial charge in [0.15, 0.2) is 0 Å². The van der Waals surface area contributed by atoms with Gasteiger partial charge in [0.1, 0.15) is 30.1 Å². The molecule has 1 N–H and O–H groups in total. The third-order valence-corrected chi connectivity index (χ3v) is 2.92. The van der Waals surface area contributed by atoms with Crippen molar-refractivity contribution in [3.63, 3.8) is 0 Å². The number of rotatable bonds is 5. The zero-order valence-corrected chi connectivity index (χ0v) is 11.0. The van der Waals surface area contributed by atoms with Gasteiger partial charge in [0, 0.05) is 24.6 Å². The van der Waals surface area contributed by atoms with Gasteiger partial charge in [0.2, 0.25) is 0 Å². The second-order valence-electron chi connectivity index (χ2n) is 4.40. The summed E-state index contributed by atoms with van der Waals surface area (Å²) in [7, 11) is 0. The van der Waals surface area contributed by atoms with Gasteiger partial charge in [-0.2, -0.15) is 10.5 Å². The Kier molecular flexibility index (Phi) is 5.00. The highest BCUT2D eigenvalue weighted by atomic mass is 16.5. The van der Waals surface area contributed by atoms with Gasteiger partial charge in [-0.1, -0.05) is 6.07 Å². The number of allylic oxidation sites excluding steroid dienone is 1. The molecule has 102 valence electrons. The fourth-order valence-corrected chi connectivity index (χ4v) is 1.89. The van der Waals surface area contributed by atoms with E-state index in [1.54, 1.807) is 12.1 Å². The molecule has 1 atom stereocenters. The van der Waals surface area contributed by atoms with Crippen LogP contribution in [0, 0.1) is 22.7 Å². The van der Waals surface area contributed by atoms with Crippen molar-refractivity contribution in [2.24, 2.45) is 0 Å². The Labute approximate surface area is 118 Å². The van der Waals surface area contributed by atoms with Crippen LogP contribution in [0.3, 0.4) is 0 Å². The van der Waals surface area contributed by atoms with Gasteiger partial charge >= 0.3 is 0 Å². The number of ether oxygens (including phenoxy) is 2. The monoisotopic (exact) mass is 269 g/mol. The topological polar surface area (TPSA) is 78.1 Å². The Bertz CT molecular complexity index is 547. The minimum atomic E-state index is 0.0238. The standard InChI is InChI=1S/C15H15N3O2/c16-8-12(9-17)10-18-13-3-1-4-14(7-13)20-11-15-5-2-6-19-15/h1,3-4,7,10,15,18H,2,5-6,11H2. The molecule has 0 aliphatic carbocycles. The normalized spacial score (nSPS) is 16.8. The lowest BCUT2D eigenvalue weighted by atomic mass is 10.2. The highest BCUT2D eigenvalue weighted by molar-refractivity contribution is 5.52. The van der Waals surface area contributed by atoms with Crippen LogP contribution in [0.5, 0.6) is 5.75 Å². The van der Waals surface area contributed by atoms with Crippen molar-refractivity contribution in [1.29, 1.82) is 10.5 Å². The molecule has 2 rings (SSSR count). The second-order valence-corrected chi connectivity index (χ2v) is 4.40. The molecule has 5 nitrogen and oxygen atoms in total. The van der Waals surface area contributed by atoms with Crippen LogP contribution in [-0.4, -0.2) is 19.3 Å². The summed E-state index contributed by atoms with van der Waals surface area (Å²) in [5.41, 5.74) is 0.786. The van der Waals surface area contributed by atoms with E-state index in [1.165, 1.54) is 6.20 Å². The zero-order valence-electron chi connectivity index (χ0n) is 11.0. The number of benzene rings is 1. The number of anilines is 1. The molecule has 0 radical (unpaired) electrons. The largest absolute Gasteiger partial charge is 0.491 e. The summed E-state index contributed by atoms with van der Waals surface area (Å²) in [4.78, 5) is 0. The Hall–Kier alpha value is -2.50. The molecule has 0 saturated carbocycles. The van der Waals surface area contributed by atoms with Crippen molar-refractivity contribution in [1.82, 2.24) is 0 Å². The smallest absolute Gasteiger partial charge is 0.145 e. The summed E-state index contributed by atoms with van der Waals surface area (Å²) in [5.74, 6) is 0.731. The van der Waals surface area contributed by atoms with Crippen LogP contribution < -0.4 is 10.1 Å². The van der Waals surface area contributed by atoms with E-state index in [1.807, 2.05) is 24.3 Å². The van der Waals surface area contributed by atoms with Crippen LogP contribution in [0.15, 0.2) is 36.0 Å².